The molecule has 0 saturated carbocycles. The van der Waals surface area contributed by atoms with Gasteiger partial charge in [-0.25, -0.2) is 4.68 Å². The van der Waals surface area contributed by atoms with E-state index in [1.807, 2.05) is 19.1 Å². The molecule has 8 heteroatoms. The Labute approximate surface area is 155 Å². The fraction of sp³-hybridized carbons (Fsp3) is 0.167. The second kappa shape index (κ2) is 7.45. The number of nitrogens with one attached hydrogen (secondary N) is 1. The molecular formula is C18H17ClN4O3. The van der Waals surface area contributed by atoms with Crippen LogP contribution in [0.1, 0.15) is 16.1 Å². The number of ether oxygens (including phenoxy) is 2. The SMILES string of the molecule is COc1cc(C)c(NC(=O)c2cn(-c3ccccc3Cl)nn2)cc1OC. The molecule has 3 aromatic rings. The van der Waals surface area contributed by atoms with Gasteiger partial charge in [0.15, 0.2) is 17.2 Å². The minimum atomic E-state index is -0.390. The van der Waals surface area contributed by atoms with Crippen molar-refractivity contribution >= 4 is 23.2 Å². The number of methoxy groups -OCH3 is 2. The van der Waals surface area contributed by atoms with E-state index < -0.39 is 5.91 Å². The third-order valence-corrected chi connectivity index (χ3v) is 4.12. The van der Waals surface area contributed by atoms with E-state index in [-0.39, 0.29) is 5.69 Å². The van der Waals surface area contributed by atoms with Crippen LogP contribution >= 0.6 is 11.6 Å². The van der Waals surface area contributed by atoms with Crippen molar-refractivity contribution in [3.8, 4) is 17.2 Å². The maximum absolute atomic E-state index is 12.5. The first-order valence-corrected chi connectivity index (χ1v) is 8.12. The highest BCUT2D eigenvalue weighted by Gasteiger charge is 2.16. The number of aryl methyl sites for hydroxylation is 1. The summed E-state index contributed by atoms with van der Waals surface area (Å²) in [6, 6.07) is 10.7. The molecule has 0 aliphatic carbocycles. The summed E-state index contributed by atoms with van der Waals surface area (Å²) in [4.78, 5) is 12.5. The third kappa shape index (κ3) is 3.48. The van der Waals surface area contributed by atoms with Gasteiger partial charge in [-0.2, -0.15) is 0 Å². The van der Waals surface area contributed by atoms with Gasteiger partial charge in [0, 0.05) is 11.8 Å². The van der Waals surface area contributed by atoms with E-state index in [0.717, 1.165) is 5.56 Å². The van der Waals surface area contributed by atoms with Gasteiger partial charge >= 0.3 is 0 Å². The molecule has 1 amide bonds. The second-order valence-corrected chi connectivity index (χ2v) is 5.88. The van der Waals surface area contributed by atoms with Gasteiger partial charge in [0.1, 0.15) is 0 Å². The summed E-state index contributed by atoms with van der Waals surface area (Å²) in [5, 5.41) is 11.2. The Morgan fingerprint density at radius 1 is 1.15 bits per heavy atom. The molecule has 1 N–H and O–H groups in total. The van der Waals surface area contributed by atoms with E-state index in [1.165, 1.54) is 18.0 Å². The smallest absolute Gasteiger partial charge is 0.277 e. The Morgan fingerprint density at radius 2 is 1.85 bits per heavy atom. The average molecular weight is 373 g/mol. The van der Waals surface area contributed by atoms with E-state index in [1.54, 1.807) is 31.4 Å². The van der Waals surface area contributed by atoms with Crippen LogP contribution in [0.4, 0.5) is 5.69 Å². The molecule has 0 aliphatic heterocycles. The zero-order valence-corrected chi connectivity index (χ0v) is 15.2. The number of aromatic nitrogens is 3. The van der Waals surface area contributed by atoms with Gasteiger partial charge in [0.05, 0.1) is 31.1 Å². The van der Waals surface area contributed by atoms with E-state index >= 15 is 0 Å². The number of rotatable bonds is 5. The van der Waals surface area contributed by atoms with Crippen molar-refractivity contribution in [1.29, 1.82) is 0 Å². The number of hydrogen-bond donors (Lipinski definition) is 1. The molecule has 0 fully saturated rings. The molecule has 0 unspecified atom stereocenters. The molecule has 0 radical (unpaired) electrons. The van der Waals surface area contributed by atoms with Gasteiger partial charge < -0.3 is 14.8 Å². The van der Waals surface area contributed by atoms with Gasteiger partial charge in [-0.15, -0.1) is 5.10 Å². The monoisotopic (exact) mass is 372 g/mol. The van der Waals surface area contributed by atoms with Crippen molar-refractivity contribution in [3.05, 3.63) is 58.9 Å². The highest BCUT2D eigenvalue weighted by atomic mass is 35.5. The number of carbonyl (C=O) groups is 1. The molecule has 0 spiro atoms. The van der Waals surface area contributed by atoms with Crippen LogP contribution in [0.2, 0.25) is 5.02 Å². The van der Waals surface area contributed by atoms with Crippen LogP contribution in [-0.2, 0) is 0 Å². The number of hydrogen-bond acceptors (Lipinski definition) is 5. The number of para-hydroxylation sites is 1. The first-order valence-electron chi connectivity index (χ1n) is 7.74. The van der Waals surface area contributed by atoms with E-state index in [9.17, 15) is 4.79 Å². The average Bonchev–Trinajstić information content (AvgIpc) is 3.13. The predicted octanol–water partition coefficient (Wildman–Crippen LogP) is 3.50. The quantitative estimate of drug-likeness (QED) is 0.741. The van der Waals surface area contributed by atoms with Crippen LogP contribution in [0.15, 0.2) is 42.6 Å². The summed E-state index contributed by atoms with van der Waals surface area (Å²) in [5.41, 5.74) is 2.23. The predicted molar refractivity (Wildman–Crippen MR) is 98.6 cm³/mol. The van der Waals surface area contributed by atoms with Gasteiger partial charge in [-0.1, -0.05) is 28.9 Å². The highest BCUT2D eigenvalue weighted by Crippen LogP contribution is 2.33. The van der Waals surface area contributed by atoms with Crippen molar-refractivity contribution in [1.82, 2.24) is 15.0 Å². The van der Waals surface area contributed by atoms with Crippen LogP contribution in [0.25, 0.3) is 5.69 Å². The summed E-state index contributed by atoms with van der Waals surface area (Å²) in [6.07, 6.45) is 1.52. The first-order chi connectivity index (χ1) is 12.5. The molecule has 26 heavy (non-hydrogen) atoms. The zero-order valence-electron chi connectivity index (χ0n) is 14.5. The maximum Gasteiger partial charge on any atom is 0.277 e. The number of nitrogens with zero attached hydrogens (tertiary/aromatic N) is 3. The number of benzene rings is 2. The minimum Gasteiger partial charge on any atom is -0.493 e. The molecule has 0 bridgehead atoms. The molecule has 1 heterocycles. The van der Waals surface area contributed by atoms with Crippen LogP contribution in [0, 0.1) is 6.92 Å². The van der Waals surface area contributed by atoms with Gasteiger partial charge in [0.2, 0.25) is 0 Å². The Kier molecular flexibility index (Phi) is 5.09. The van der Waals surface area contributed by atoms with Crippen LogP contribution in [0.3, 0.4) is 0 Å². The number of halogens is 1. The molecule has 3 rings (SSSR count). The lowest BCUT2D eigenvalue weighted by atomic mass is 10.1. The first kappa shape index (κ1) is 17.8. The summed E-state index contributed by atoms with van der Waals surface area (Å²) in [7, 11) is 3.09. The summed E-state index contributed by atoms with van der Waals surface area (Å²) in [5.74, 6) is 0.722. The number of carbonyl (C=O) groups excluding carboxylic acids is 1. The Bertz CT molecular complexity index is 955. The van der Waals surface area contributed by atoms with Crippen LogP contribution < -0.4 is 14.8 Å². The fourth-order valence-corrected chi connectivity index (χ4v) is 2.65. The van der Waals surface area contributed by atoms with Crippen LogP contribution in [0.5, 0.6) is 11.5 Å². The molecule has 0 atom stereocenters. The lowest BCUT2D eigenvalue weighted by Crippen LogP contribution is -2.13. The van der Waals surface area contributed by atoms with Crippen molar-refractivity contribution in [2.45, 2.75) is 6.92 Å². The van der Waals surface area contributed by atoms with Crippen molar-refractivity contribution in [3.63, 3.8) is 0 Å². The lowest BCUT2D eigenvalue weighted by molar-refractivity contribution is 0.102. The largest absolute Gasteiger partial charge is 0.493 e. The normalized spacial score (nSPS) is 10.5. The van der Waals surface area contributed by atoms with Crippen molar-refractivity contribution in [2.75, 3.05) is 19.5 Å². The van der Waals surface area contributed by atoms with Gasteiger partial charge in [-0.05, 0) is 30.7 Å². The van der Waals surface area contributed by atoms with Gasteiger partial charge in [-0.3, -0.25) is 4.79 Å². The van der Waals surface area contributed by atoms with E-state index in [0.29, 0.717) is 27.9 Å². The molecule has 134 valence electrons. The van der Waals surface area contributed by atoms with Gasteiger partial charge in [0.25, 0.3) is 5.91 Å². The summed E-state index contributed by atoms with van der Waals surface area (Å²) < 4.78 is 12.0. The van der Waals surface area contributed by atoms with Crippen molar-refractivity contribution < 1.29 is 14.3 Å². The molecule has 2 aromatic carbocycles. The Hall–Kier alpha value is -3.06. The molecule has 1 aromatic heterocycles. The standard InChI is InChI=1S/C18H17ClN4O3/c1-11-8-16(25-2)17(26-3)9-13(11)20-18(24)14-10-23(22-21-14)15-7-5-4-6-12(15)19/h4-10H,1-3H3,(H,20,24). The molecule has 0 saturated heterocycles. The molecule has 7 nitrogen and oxygen atoms in total. The zero-order chi connectivity index (χ0) is 18.7. The van der Waals surface area contributed by atoms with E-state index in [2.05, 4.69) is 15.6 Å². The topological polar surface area (TPSA) is 78.3 Å². The Balaban J connectivity index is 1.85. The fourth-order valence-electron chi connectivity index (χ4n) is 2.42. The van der Waals surface area contributed by atoms with Crippen LogP contribution in [-0.4, -0.2) is 35.1 Å². The molecular weight excluding hydrogens is 356 g/mol. The highest BCUT2D eigenvalue weighted by molar-refractivity contribution is 6.32. The summed E-state index contributed by atoms with van der Waals surface area (Å²) >= 11 is 6.15. The molecule has 0 aliphatic rings. The minimum absolute atomic E-state index is 0.166. The number of anilines is 1. The van der Waals surface area contributed by atoms with Crippen molar-refractivity contribution in [2.24, 2.45) is 0 Å². The Morgan fingerprint density at radius 3 is 2.54 bits per heavy atom. The summed E-state index contributed by atoms with van der Waals surface area (Å²) in [6.45, 7) is 1.86. The van der Waals surface area contributed by atoms with E-state index in [4.69, 9.17) is 21.1 Å². The second-order valence-electron chi connectivity index (χ2n) is 5.48. The third-order valence-electron chi connectivity index (χ3n) is 3.80. The maximum atomic E-state index is 12.5. The number of amides is 1. The lowest BCUT2D eigenvalue weighted by Gasteiger charge is -2.13.